The van der Waals surface area contributed by atoms with Crippen molar-refractivity contribution >= 4 is 34.9 Å². The molecule has 2 heterocycles. The fraction of sp³-hybridized carbons (Fsp3) is 0.571. The van der Waals surface area contributed by atoms with Gasteiger partial charge in [-0.25, -0.2) is 4.98 Å². The number of rotatable bonds is 6. The first-order chi connectivity index (χ1) is 10.6. The number of piperazine rings is 1. The highest BCUT2D eigenvalue weighted by Crippen LogP contribution is 2.26. The standard InChI is InChI=1S/C14H20Cl2N4O2/c1-22-7-2-17-10-13(21)19-3-5-20(6-4-19)14-12(16)8-11(15)9-18-14/h8-9,17H,2-7,10H2,1H3. The number of hydrogen-bond donors (Lipinski definition) is 1. The molecule has 0 spiro atoms. The third-order valence-electron chi connectivity index (χ3n) is 3.48. The number of halogens is 2. The van der Waals surface area contributed by atoms with Crippen LogP contribution >= 0.6 is 23.2 Å². The fourth-order valence-electron chi connectivity index (χ4n) is 2.29. The third kappa shape index (κ3) is 4.71. The van der Waals surface area contributed by atoms with Crippen molar-refractivity contribution in [3.8, 4) is 0 Å². The number of hydrogen-bond acceptors (Lipinski definition) is 5. The Morgan fingerprint density at radius 1 is 1.36 bits per heavy atom. The van der Waals surface area contributed by atoms with Gasteiger partial charge >= 0.3 is 0 Å². The maximum absolute atomic E-state index is 12.1. The molecule has 22 heavy (non-hydrogen) atoms. The van der Waals surface area contributed by atoms with E-state index >= 15 is 0 Å². The van der Waals surface area contributed by atoms with Crippen LogP contribution in [0.3, 0.4) is 0 Å². The van der Waals surface area contributed by atoms with Crippen LogP contribution in [0.2, 0.25) is 10.0 Å². The summed E-state index contributed by atoms with van der Waals surface area (Å²) in [5, 5.41) is 4.12. The Bertz CT molecular complexity index is 508. The van der Waals surface area contributed by atoms with Crippen LogP contribution in [0.15, 0.2) is 12.3 Å². The van der Waals surface area contributed by atoms with Crippen molar-refractivity contribution in [3.05, 3.63) is 22.3 Å². The Balaban J connectivity index is 1.81. The minimum absolute atomic E-state index is 0.103. The summed E-state index contributed by atoms with van der Waals surface area (Å²) in [6.07, 6.45) is 1.58. The summed E-state index contributed by atoms with van der Waals surface area (Å²) in [7, 11) is 1.64. The second-order valence-electron chi connectivity index (χ2n) is 5.00. The average Bonchev–Trinajstić information content (AvgIpc) is 2.52. The molecule has 1 amide bonds. The number of pyridine rings is 1. The van der Waals surface area contributed by atoms with Gasteiger partial charge in [0.1, 0.15) is 5.82 Å². The molecule has 1 aromatic rings. The van der Waals surface area contributed by atoms with Crippen LogP contribution < -0.4 is 10.2 Å². The lowest BCUT2D eigenvalue weighted by molar-refractivity contribution is -0.130. The summed E-state index contributed by atoms with van der Waals surface area (Å²) in [6.45, 7) is 4.34. The van der Waals surface area contributed by atoms with Crippen LogP contribution in [0.4, 0.5) is 5.82 Å². The molecule has 1 aliphatic heterocycles. The smallest absolute Gasteiger partial charge is 0.236 e. The first-order valence-corrected chi connectivity index (χ1v) is 7.91. The van der Waals surface area contributed by atoms with Crippen LogP contribution in [0, 0.1) is 0 Å². The lowest BCUT2D eigenvalue weighted by Crippen LogP contribution is -2.51. The molecule has 0 unspecified atom stereocenters. The lowest BCUT2D eigenvalue weighted by Gasteiger charge is -2.35. The second-order valence-corrected chi connectivity index (χ2v) is 5.84. The number of nitrogens with one attached hydrogen (secondary N) is 1. The predicted octanol–water partition coefficient (Wildman–Crippen LogP) is 1.27. The van der Waals surface area contributed by atoms with E-state index in [9.17, 15) is 4.79 Å². The van der Waals surface area contributed by atoms with Crippen molar-refractivity contribution in [3.63, 3.8) is 0 Å². The van der Waals surface area contributed by atoms with Gasteiger partial charge in [0.25, 0.3) is 0 Å². The molecule has 1 N–H and O–H groups in total. The molecule has 0 aromatic carbocycles. The number of aromatic nitrogens is 1. The molecule has 1 fully saturated rings. The number of amides is 1. The third-order valence-corrected chi connectivity index (χ3v) is 3.96. The van der Waals surface area contributed by atoms with E-state index in [1.807, 2.05) is 4.90 Å². The van der Waals surface area contributed by atoms with Crippen molar-refractivity contribution in [2.75, 3.05) is 57.9 Å². The van der Waals surface area contributed by atoms with E-state index in [0.717, 1.165) is 5.82 Å². The van der Waals surface area contributed by atoms with Gasteiger partial charge in [0.2, 0.25) is 5.91 Å². The Morgan fingerprint density at radius 2 is 2.09 bits per heavy atom. The minimum Gasteiger partial charge on any atom is -0.383 e. The summed E-state index contributed by atoms with van der Waals surface area (Å²) < 4.78 is 4.93. The summed E-state index contributed by atoms with van der Waals surface area (Å²) in [6, 6.07) is 1.68. The van der Waals surface area contributed by atoms with Crippen LogP contribution in [-0.4, -0.2) is 68.8 Å². The molecule has 1 saturated heterocycles. The maximum Gasteiger partial charge on any atom is 0.236 e. The number of methoxy groups -OCH3 is 1. The first-order valence-electron chi connectivity index (χ1n) is 7.15. The van der Waals surface area contributed by atoms with E-state index in [2.05, 4.69) is 15.2 Å². The highest BCUT2D eigenvalue weighted by atomic mass is 35.5. The predicted molar refractivity (Wildman–Crippen MR) is 87.8 cm³/mol. The molecule has 122 valence electrons. The number of anilines is 1. The molecule has 0 radical (unpaired) electrons. The topological polar surface area (TPSA) is 57.7 Å². The zero-order valence-corrected chi connectivity index (χ0v) is 14.0. The van der Waals surface area contributed by atoms with E-state index in [0.29, 0.717) is 55.9 Å². The molecule has 0 saturated carbocycles. The van der Waals surface area contributed by atoms with E-state index in [1.54, 1.807) is 19.4 Å². The highest BCUT2D eigenvalue weighted by molar-refractivity contribution is 6.36. The average molecular weight is 347 g/mol. The van der Waals surface area contributed by atoms with Crippen LogP contribution in [-0.2, 0) is 9.53 Å². The number of carbonyl (C=O) groups is 1. The largest absolute Gasteiger partial charge is 0.383 e. The molecule has 0 atom stereocenters. The van der Waals surface area contributed by atoms with E-state index < -0.39 is 0 Å². The molecular weight excluding hydrogens is 327 g/mol. The summed E-state index contributed by atoms with van der Waals surface area (Å²) >= 11 is 12.0. The summed E-state index contributed by atoms with van der Waals surface area (Å²) in [5.41, 5.74) is 0. The molecule has 0 aliphatic carbocycles. The van der Waals surface area contributed by atoms with Crippen molar-refractivity contribution in [2.45, 2.75) is 0 Å². The first kappa shape index (κ1) is 17.3. The summed E-state index contributed by atoms with van der Waals surface area (Å²) in [5.74, 6) is 0.822. The van der Waals surface area contributed by atoms with Gasteiger partial charge in [0.05, 0.1) is 23.2 Å². The Kier molecular flexibility index (Phi) is 6.70. The quantitative estimate of drug-likeness (QED) is 0.786. The van der Waals surface area contributed by atoms with E-state index in [1.165, 1.54) is 0 Å². The highest BCUT2D eigenvalue weighted by Gasteiger charge is 2.22. The van der Waals surface area contributed by atoms with Gasteiger partial charge in [-0.3, -0.25) is 4.79 Å². The van der Waals surface area contributed by atoms with Gasteiger partial charge in [-0.05, 0) is 6.07 Å². The molecule has 2 rings (SSSR count). The van der Waals surface area contributed by atoms with Gasteiger partial charge in [-0.15, -0.1) is 0 Å². The van der Waals surface area contributed by atoms with Gasteiger partial charge < -0.3 is 19.9 Å². The zero-order valence-electron chi connectivity index (χ0n) is 12.5. The zero-order chi connectivity index (χ0) is 15.9. The normalized spacial score (nSPS) is 15.2. The molecular formula is C14H20Cl2N4O2. The lowest BCUT2D eigenvalue weighted by atomic mass is 10.3. The van der Waals surface area contributed by atoms with Crippen LogP contribution in [0.25, 0.3) is 0 Å². The van der Waals surface area contributed by atoms with Crippen molar-refractivity contribution in [1.82, 2.24) is 15.2 Å². The van der Waals surface area contributed by atoms with Gasteiger partial charge in [0, 0.05) is 46.0 Å². The Hall–Kier alpha value is -1.08. The van der Waals surface area contributed by atoms with Gasteiger partial charge in [-0.1, -0.05) is 23.2 Å². The Labute approximate surface area is 140 Å². The van der Waals surface area contributed by atoms with Crippen molar-refractivity contribution < 1.29 is 9.53 Å². The van der Waals surface area contributed by atoms with E-state index in [4.69, 9.17) is 27.9 Å². The molecule has 1 aromatic heterocycles. The second kappa shape index (κ2) is 8.53. The van der Waals surface area contributed by atoms with Crippen LogP contribution in [0.1, 0.15) is 0 Å². The molecule has 1 aliphatic rings. The maximum atomic E-state index is 12.1. The molecule has 6 nitrogen and oxygen atoms in total. The Morgan fingerprint density at radius 3 is 2.73 bits per heavy atom. The SMILES string of the molecule is COCCNCC(=O)N1CCN(c2ncc(Cl)cc2Cl)CC1. The monoisotopic (exact) mass is 346 g/mol. The van der Waals surface area contributed by atoms with Crippen LogP contribution in [0.5, 0.6) is 0 Å². The summed E-state index contributed by atoms with van der Waals surface area (Å²) in [4.78, 5) is 20.3. The van der Waals surface area contributed by atoms with Gasteiger partial charge in [-0.2, -0.15) is 0 Å². The molecule has 8 heteroatoms. The fourth-order valence-corrected chi connectivity index (χ4v) is 2.79. The van der Waals surface area contributed by atoms with Crippen molar-refractivity contribution in [2.24, 2.45) is 0 Å². The number of carbonyl (C=O) groups excluding carboxylic acids is 1. The van der Waals surface area contributed by atoms with E-state index in [-0.39, 0.29) is 5.91 Å². The minimum atomic E-state index is 0.103. The molecule has 0 bridgehead atoms. The number of nitrogens with zero attached hydrogens (tertiary/aromatic N) is 3. The van der Waals surface area contributed by atoms with Crippen molar-refractivity contribution in [1.29, 1.82) is 0 Å². The van der Waals surface area contributed by atoms with Gasteiger partial charge in [0.15, 0.2) is 0 Å². The number of ether oxygens (including phenoxy) is 1.